The summed E-state index contributed by atoms with van der Waals surface area (Å²) in [6, 6.07) is 8.27. The zero-order valence-electron chi connectivity index (χ0n) is 13.7. The van der Waals surface area contributed by atoms with Gasteiger partial charge in [-0.25, -0.2) is 4.98 Å². The first-order valence-corrected chi connectivity index (χ1v) is 8.29. The normalized spacial score (nSPS) is 14.6. The van der Waals surface area contributed by atoms with Crippen LogP contribution in [0, 0.1) is 5.92 Å². The molecule has 0 atom stereocenters. The van der Waals surface area contributed by atoms with Crippen LogP contribution in [0.3, 0.4) is 0 Å². The Kier molecular flexibility index (Phi) is 7.14. The van der Waals surface area contributed by atoms with E-state index in [2.05, 4.69) is 50.3 Å². The molecule has 126 valence electrons. The molecule has 6 heteroatoms. The van der Waals surface area contributed by atoms with Crippen molar-refractivity contribution in [1.82, 2.24) is 20.2 Å². The highest BCUT2D eigenvalue weighted by Crippen LogP contribution is 2.28. The van der Waals surface area contributed by atoms with E-state index >= 15 is 0 Å². The van der Waals surface area contributed by atoms with Crippen LogP contribution in [0.4, 0.5) is 0 Å². The number of fused-ring (bicyclic) bond motifs is 1. The predicted octanol–water partition coefficient (Wildman–Crippen LogP) is 3.01. The third kappa shape index (κ3) is 5.37. The molecule has 0 saturated heterocycles. The van der Waals surface area contributed by atoms with Gasteiger partial charge in [-0.1, -0.05) is 12.1 Å². The maximum atomic E-state index is 4.64. The fourth-order valence-corrected chi connectivity index (χ4v) is 2.51. The average Bonchev–Trinajstić information content (AvgIpc) is 3.28. The van der Waals surface area contributed by atoms with E-state index in [1.54, 1.807) is 0 Å². The topological polar surface area (TPSA) is 54.2 Å². The van der Waals surface area contributed by atoms with Gasteiger partial charge in [0.15, 0.2) is 5.96 Å². The molecule has 1 aromatic carbocycles. The molecule has 1 aliphatic rings. The number of hydrogen-bond donors (Lipinski definition) is 2. The van der Waals surface area contributed by atoms with E-state index in [0.29, 0.717) is 0 Å². The lowest BCUT2D eigenvalue weighted by atomic mass is 10.3. The first kappa shape index (κ1) is 18.0. The lowest BCUT2D eigenvalue weighted by Gasteiger charge is -2.11. The fraction of sp³-hybridized carbons (Fsp3) is 0.529. The number of aliphatic imine (C=N–C) groups is 1. The summed E-state index contributed by atoms with van der Waals surface area (Å²) in [5.41, 5.74) is 2.27. The van der Waals surface area contributed by atoms with Crippen LogP contribution in [0.2, 0.25) is 0 Å². The van der Waals surface area contributed by atoms with Crippen LogP contribution in [-0.4, -0.2) is 35.1 Å². The Bertz CT molecular complexity index is 633. The maximum absolute atomic E-state index is 4.64. The Morgan fingerprint density at radius 2 is 2.13 bits per heavy atom. The minimum atomic E-state index is 0. The number of hydrogen-bond acceptors (Lipinski definition) is 2. The zero-order chi connectivity index (χ0) is 15.2. The molecule has 0 spiro atoms. The smallest absolute Gasteiger partial charge is 0.191 e. The number of aromatic nitrogens is 2. The van der Waals surface area contributed by atoms with E-state index in [1.807, 2.05) is 12.4 Å². The molecule has 3 rings (SSSR count). The second kappa shape index (κ2) is 9.10. The third-order valence-electron chi connectivity index (χ3n) is 3.94. The van der Waals surface area contributed by atoms with E-state index in [0.717, 1.165) is 50.0 Å². The Labute approximate surface area is 155 Å². The molecule has 5 nitrogen and oxygen atoms in total. The van der Waals surface area contributed by atoms with Crippen LogP contribution < -0.4 is 10.6 Å². The fourth-order valence-electron chi connectivity index (χ4n) is 2.51. The summed E-state index contributed by atoms with van der Waals surface area (Å²) in [6.45, 7) is 5.86. The molecule has 1 aromatic heterocycles. The number of guanidine groups is 1. The highest BCUT2D eigenvalue weighted by molar-refractivity contribution is 14.0. The number of nitrogens with zero attached hydrogens (tertiary/aromatic N) is 3. The van der Waals surface area contributed by atoms with Gasteiger partial charge < -0.3 is 15.2 Å². The van der Waals surface area contributed by atoms with Gasteiger partial charge in [-0.15, -0.1) is 24.0 Å². The van der Waals surface area contributed by atoms with Crippen LogP contribution in [0.15, 0.2) is 35.6 Å². The Balaban J connectivity index is 0.00000192. The summed E-state index contributed by atoms with van der Waals surface area (Å²) in [7, 11) is 0. The van der Waals surface area contributed by atoms with E-state index in [4.69, 9.17) is 0 Å². The van der Waals surface area contributed by atoms with Gasteiger partial charge in [0.2, 0.25) is 0 Å². The molecule has 1 aliphatic carbocycles. The van der Waals surface area contributed by atoms with Gasteiger partial charge >= 0.3 is 0 Å². The van der Waals surface area contributed by atoms with Crippen LogP contribution >= 0.6 is 24.0 Å². The van der Waals surface area contributed by atoms with Crippen molar-refractivity contribution in [2.24, 2.45) is 10.9 Å². The number of para-hydroxylation sites is 2. The summed E-state index contributed by atoms with van der Waals surface area (Å²) in [6.07, 6.45) is 5.67. The molecule has 0 unspecified atom stereocenters. The number of halogens is 1. The van der Waals surface area contributed by atoms with E-state index in [9.17, 15) is 0 Å². The third-order valence-corrected chi connectivity index (χ3v) is 3.94. The number of rotatable bonds is 7. The van der Waals surface area contributed by atoms with Crippen molar-refractivity contribution in [3.63, 3.8) is 0 Å². The van der Waals surface area contributed by atoms with Gasteiger partial charge in [0, 0.05) is 26.2 Å². The highest BCUT2D eigenvalue weighted by atomic mass is 127. The molecule has 2 aromatic rings. The van der Waals surface area contributed by atoms with Gasteiger partial charge in [0.1, 0.15) is 0 Å². The van der Waals surface area contributed by atoms with Gasteiger partial charge in [-0.2, -0.15) is 0 Å². The summed E-state index contributed by atoms with van der Waals surface area (Å²) in [4.78, 5) is 9.06. The molecule has 0 amide bonds. The SMILES string of the molecule is CCNC(=NCC1CC1)NCCCn1cnc2ccccc21.I. The van der Waals surface area contributed by atoms with Crippen LogP contribution in [-0.2, 0) is 6.54 Å². The Morgan fingerprint density at radius 1 is 1.30 bits per heavy atom. The van der Waals surface area contributed by atoms with Crippen molar-refractivity contribution in [3.8, 4) is 0 Å². The average molecular weight is 427 g/mol. The molecule has 1 fully saturated rings. The van der Waals surface area contributed by atoms with Crippen LogP contribution in [0.5, 0.6) is 0 Å². The van der Waals surface area contributed by atoms with Crippen molar-refractivity contribution in [2.45, 2.75) is 32.7 Å². The quantitative estimate of drug-likeness (QED) is 0.309. The molecular formula is C17H26IN5. The van der Waals surface area contributed by atoms with E-state index in [1.165, 1.54) is 18.4 Å². The van der Waals surface area contributed by atoms with Crippen LogP contribution in [0.25, 0.3) is 11.0 Å². The first-order chi connectivity index (χ1) is 10.9. The summed E-state index contributed by atoms with van der Waals surface area (Å²) < 4.78 is 2.21. The Hall–Kier alpha value is -1.31. The molecule has 1 saturated carbocycles. The zero-order valence-corrected chi connectivity index (χ0v) is 16.0. The second-order valence-electron chi connectivity index (χ2n) is 5.87. The van der Waals surface area contributed by atoms with Crippen molar-refractivity contribution in [3.05, 3.63) is 30.6 Å². The van der Waals surface area contributed by atoms with Gasteiger partial charge in [-0.3, -0.25) is 4.99 Å². The molecule has 0 radical (unpaired) electrons. The lowest BCUT2D eigenvalue weighted by Crippen LogP contribution is -2.38. The molecular weight excluding hydrogens is 401 g/mol. The second-order valence-corrected chi connectivity index (χ2v) is 5.87. The minimum absolute atomic E-state index is 0. The van der Waals surface area contributed by atoms with E-state index < -0.39 is 0 Å². The Morgan fingerprint density at radius 3 is 2.91 bits per heavy atom. The highest BCUT2D eigenvalue weighted by Gasteiger charge is 2.20. The summed E-state index contributed by atoms with van der Waals surface area (Å²) >= 11 is 0. The maximum Gasteiger partial charge on any atom is 0.191 e. The predicted molar refractivity (Wildman–Crippen MR) is 106 cm³/mol. The lowest BCUT2D eigenvalue weighted by molar-refractivity contribution is 0.636. The molecule has 23 heavy (non-hydrogen) atoms. The van der Waals surface area contributed by atoms with Gasteiger partial charge in [-0.05, 0) is 44.2 Å². The molecule has 1 heterocycles. The number of nitrogens with one attached hydrogen (secondary N) is 2. The van der Waals surface area contributed by atoms with E-state index in [-0.39, 0.29) is 24.0 Å². The molecule has 0 bridgehead atoms. The standard InChI is InChI=1S/C17H25N5.HI/c1-2-18-17(20-12-14-8-9-14)19-10-5-11-22-13-21-15-6-3-4-7-16(15)22;/h3-4,6-7,13-14H,2,5,8-12H2,1H3,(H2,18,19,20);1H. The monoisotopic (exact) mass is 427 g/mol. The molecule has 0 aliphatic heterocycles. The number of benzene rings is 1. The van der Waals surface area contributed by atoms with Crippen molar-refractivity contribution < 1.29 is 0 Å². The van der Waals surface area contributed by atoms with Crippen LogP contribution in [0.1, 0.15) is 26.2 Å². The van der Waals surface area contributed by atoms with Gasteiger partial charge in [0.05, 0.1) is 17.4 Å². The number of aryl methyl sites for hydroxylation is 1. The first-order valence-electron chi connectivity index (χ1n) is 8.29. The summed E-state index contributed by atoms with van der Waals surface area (Å²) in [5.74, 6) is 1.78. The van der Waals surface area contributed by atoms with Crippen molar-refractivity contribution in [2.75, 3.05) is 19.6 Å². The van der Waals surface area contributed by atoms with Crippen molar-refractivity contribution >= 4 is 41.0 Å². The largest absolute Gasteiger partial charge is 0.357 e. The molecule has 2 N–H and O–H groups in total. The summed E-state index contributed by atoms with van der Waals surface area (Å²) in [5, 5.41) is 6.73. The van der Waals surface area contributed by atoms with Crippen molar-refractivity contribution in [1.29, 1.82) is 0 Å². The minimum Gasteiger partial charge on any atom is -0.357 e. The number of imidazole rings is 1. The van der Waals surface area contributed by atoms with Gasteiger partial charge in [0.25, 0.3) is 0 Å².